The van der Waals surface area contributed by atoms with E-state index in [1.165, 1.54) is 6.21 Å². The minimum Gasteiger partial charge on any atom is -0.482 e. The average Bonchev–Trinajstić information content (AvgIpc) is 2.84. The van der Waals surface area contributed by atoms with Gasteiger partial charge in [-0.25, -0.2) is 10.2 Å². The molecule has 0 fully saturated rings. The van der Waals surface area contributed by atoms with Crippen molar-refractivity contribution in [2.75, 3.05) is 6.61 Å². The highest BCUT2D eigenvalue weighted by Crippen LogP contribution is 2.17. The molecule has 0 aliphatic heterocycles. The van der Waals surface area contributed by atoms with Gasteiger partial charge >= 0.3 is 5.97 Å². The van der Waals surface area contributed by atoms with Crippen molar-refractivity contribution < 1.29 is 24.2 Å². The van der Waals surface area contributed by atoms with Crippen LogP contribution in [0.1, 0.15) is 33.9 Å². The summed E-state index contributed by atoms with van der Waals surface area (Å²) in [5, 5.41) is 15.5. The molecular formula is C25H23N3O5. The number of hydrogen-bond acceptors (Lipinski definition) is 5. The van der Waals surface area contributed by atoms with E-state index in [4.69, 9.17) is 9.84 Å². The number of rotatable bonds is 10. The molecule has 8 heteroatoms. The topological polar surface area (TPSA) is 117 Å². The Hall–Kier alpha value is -4.46. The largest absolute Gasteiger partial charge is 0.482 e. The smallest absolute Gasteiger partial charge is 0.341 e. The number of hydrazone groups is 1. The molecule has 8 nitrogen and oxygen atoms in total. The Kier molecular flexibility index (Phi) is 8.30. The molecule has 0 bridgehead atoms. The van der Waals surface area contributed by atoms with Crippen LogP contribution in [0.25, 0.3) is 0 Å². The molecule has 3 rings (SSSR count). The van der Waals surface area contributed by atoms with Crippen molar-refractivity contribution >= 4 is 24.0 Å². The summed E-state index contributed by atoms with van der Waals surface area (Å²) in [7, 11) is 0. The summed E-state index contributed by atoms with van der Waals surface area (Å²) in [5.41, 5.74) is 4.47. The minimum atomic E-state index is -1.06. The Morgan fingerprint density at radius 3 is 2.18 bits per heavy atom. The summed E-state index contributed by atoms with van der Waals surface area (Å²) < 4.78 is 5.07. The highest BCUT2D eigenvalue weighted by Gasteiger charge is 2.19. The molecule has 0 aliphatic rings. The Morgan fingerprint density at radius 1 is 0.909 bits per heavy atom. The first-order valence-electron chi connectivity index (χ1n) is 10.2. The van der Waals surface area contributed by atoms with Gasteiger partial charge in [0.2, 0.25) is 5.91 Å². The molecular weight excluding hydrogens is 422 g/mol. The van der Waals surface area contributed by atoms with E-state index in [0.717, 1.165) is 5.56 Å². The molecule has 3 aromatic carbocycles. The lowest BCUT2D eigenvalue weighted by Gasteiger charge is -2.18. The molecule has 2 amide bonds. The molecule has 3 aromatic rings. The molecule has 33 heavy (non-hydrogen) atoms. The lowest BCUT2D eigenvalue weighted by atomic mass is 10.0. The summed E-state index contributed by atoms with van der Waals surface area (Å²) in [6.45, 7) is -0.424. The van der Waals surface area contributed by atoms with Crippen molar-refractivity contribution in [3.8, 4) is 5.75 Å². The minimum absolute atomic E-state index is 0.00188. The zero-order chi connectivity index (χ0) is 23.5. The number of amides is 2. The first-order chi connectivity index (χ1) is 16.0. The van der Waals surface area contributed by atoms with Crippen LogP contribution in [0.15, 0.2) is 90.0 Å². The molecule has 0 aliphatic carbocycles. The molecule has 0 heterocycles. The third-order valence-electron chi connectivity index (χ3n) is 4.58. The van der Waals surface area contributed by atoms with Crippen LogP contribution in [0.2, 0.25) is 0 Å². The van der Waals surface area contributed by atoms with Gasteiger partial charge < -0.3 is 15.2 Å². The standard InChI is InChI=1S/C25H23N3O5/c29-23(28-26-16-18-11-13-21(14-12-18)33-17-24(30)31)15-22(19-7-3-1-4-8-19)27-25(32)20-9-5-2-6-10-20/h1-14,16,22H,15,17H2,(H,27,32)(H,28,29)(H,30,31)/b26-16-/t22-/m0/s1. The van der Waals surface area contributed by atoms with Crippen LogP contribution in [-0.4, -0.2) is 35.7 Å². The van der Waals surface area contributed by atoms with Crippen LogP contribution in [0.5, 0.6) is 5.75 Å². The number of carboxylic acid groups (broad SMARTS) is 1. The highest BCUT2D eigenvalue weighted by atomic mass is 16.5. The van der Waals surface area contributed by atoms with Crippen LogP contribution < -0.4 is 15.5 Å². The molecule has 0 saturated heterocycles. The van der Waals surface area contributed by atoms with E-state index in [-0.39, 0.29) is 18.2 Å². The van der Waals surface area contributed by atoms with Gasteiger partial charge in [0.25, 0.3) is 5.91 Å². The predicted octanol–water partition coefficient (Wildman–Crippen LogP) is 3.16. The van der Waals surface area contributed by atoms with Crippen LogP contribution in [0.3, 0.4) is 0 Å². The van der Waals surface area contributed by atoms with Crippen LogP contribution in [0.4, 0.5) is 0 Å². The van der Waals surface area contributed by atoms with Gasteiger partial charge in [0.05, 0.1) is 18.7 Å². The first-order valence-corrected chi connectivity index (χ1v) is 10.2. The zero-order valence-corrected chi connectivity index (χ0v) is 17.7. The summed E-state index contributed by atoms with van der Waals surface area (Å²) in [6, 6.07) is 24.1. The number of aliphatic carboxylic acids is 1. The highest BCUT2D eigenvalue weighted by molar-refractivity contribution is 5.94. The van der Waals surface area contributed by atoms with E-state index in [0.29, 0.717) is 16.9 Å². The van der Waals surface area contributed by atoms with Crippen molar-refractivity contribution in [1.82, 2.24) is 10.7 Å². The van der Waals surface area contributed by atoms with Crippen LogP contribution in [-0.2, 0) is 9.59 Å². The number of carboxylic acids is 1. The van der Waals surface area contributed by atoms with Gasteiger partial charge in [-0.05, 0) is 47.5 Å². The molecule has 168 valence electrons. The second kappa shape index (κ2) is 11.8. The van der Waals surface area contributed by atoms with Crippen molar-refractivity contribution in [3.05, 3.63) is 102 Å². The molecule has 0 spiro atoms. The van der Waals surface area contributed by atoms with E-state index in [2.05, 4.69) is 15.8 Å². The van der Waals surface area contributed by atoms with Crippen molar-refractivity contribution in [2.24, 2.45) is 5.10 Å². The fraction of sp³-hybridized carbons (Fsp3) is 0.120. The molecule has 0 unspecified atom stereocenters. The number of carbonyl (C=O) groups excluding carboxylic acids is 2. The lowest BCUT2D eigenvalue weighted by Crippen LogP contribution is -2.32. The van der Waals surface area contributed by atoms with Gasteiger partial charge in [-0.15, -0.1) is 0 Å². The molecule has 0 radical (unpaired) electrons. The number of hydrogen-bond donors (Lipinski definition) is 3. The molecule has 1 atom stereocenters. The van der Waals surface area contributed by atoms with Gasteiger partial charge in [0, 0.05) is 5.56 Å². The summed E-state index contributed by atoms with van der Waals surface area (Å²) in [5.74, 6) is -1.28. The van der Waals surface area contributed by atoms with Gasteiger partial charge in [-0.3, -0.25) is 9.59 Å². The van der Waals surface area contributed by atoms with Crippen LogP contribution >= 0.6 is 0 Å². The number of nitrogens with one attached hydrogen (secondary N) is 2. The van der Waals surface area contributed by atoms with Crippen LogP contribution in [0, 0.1) is 0 Å². The van der Waals surface area contributed by atoms with Crippen molar-refractivity contribution in [2.45, 2.75) is 12.5 Å². The Morgan fingerprint density at radius 2 is 1.55 bits per heavy atom. The van der Waals surface area contributed by atoms with Gasteiger partial charge in [-0.1, -0.05) is 48.5 Å². The second-order valence-corrected chi connectivity index (χ2v) is 7.05. The number of ether oxygens (including phenoxy) is 1. The Balaban J connectivity index is 1.59. The molecule has 0 saturated carbocycles. The first kappa shape index (κ1) is 23.2. The molecule has 0 aromatic heterocycles. The van der Waals surface area contributed by atoms with E-state index in [1.54, 1.807) is 48.5 Å². The normalized spacial score (nSPS) is 11.5. The fourth-order valence-corrected chi connectivity index (χ4v) is 2.97. The van der Waals surface area contributed by atoms with Gasteiger partial charge in [0.1, 0.15) is 5.75 Å². The van der Waals surface area contributed by atoms with E-state index in [9.17, 15) is 14.4 Å². The zero-order valence-electron chi connectivity index (χ0n) is 17.7. The maximum absolute atomic E-state index is 12.6. The SMILES string of the molecule is O=C(O)COc1ccc(/C=N\NC(=O)C[C@H](NC(=O)c2ccccc2)c2ccccc2)cc1. The van der Waals surface area contributed by atoms with Gasteiger partial charge in [0.15, 0.2) is 6.61 Å². The van der Waals surface area contributed by atoms with Gasteiger partial charge in [-0.2, -0.15) is 5.10 Å². The Bertz CT molecular complexity index is 1100. The number of nitrogens with zero attached hydrogens (tertiary/aromatic N) is 1. The number of benzene rings is 3. The monoisotopic (exact) mass is 445 g/mol. The predicted molar refractivity (Wildman–Crippen MR) is 123 cm³/mol. The Labute approximate surface area is 190 Å². The molecule has 3 N–H and O–H groups in total. The quantitative estimate of drug-likeness (QED) is 0.327. The van der Waals surface area contributed by atoms with E-state index < -0.39 is 18.6 Å². The summed E-state index contributed by atoms with van der Waals surface area (Å²) >= 11 is 0. The summed E-state index contributed by atoms with van der Waals surface area (Å²) in [6.07, 6.45) is 1.46. The number of carbonyl (C=O) groups is 3. The van der Waals surface area contributed by atoms with Crippen molar-refractivity contribution in [1.29, 1.82) is 0 Å². The summed E-state index contributed by atoms with van der Waals surface area (Å²) in [4.78, 5) is 35.6. The third kappa shape index (κ3) is 7.62. The maximum atomic E-state index is 12.6. The average molecular weight is 445 g/mol. The van der Waals surface area contributed by atoms with E-state index >= 15 is 0 Å². The van der Waals surface area contributed by atoms with E-state index in [1.807, 2.05) is 36.4 Å². The van der Waals surface area contributed by atoms with Crippen molar-refractivity contribution in [3.63, 3.8) is 0 Å². The second-order valence-electron chi connectivity index (χ2n) is 7.05. The fourth-order valence-electron chi connectivity index (χ4n) is 2.97. The lowest BCUT2D eigenvalue weighted by molar-refractivity contribution is -0.139. The third-order valence-corrected chi connectivity index (χ3v) is 4.58. The maximum Gasteiger partial charge on any atom is 0.341 e.